The van der Waals surface area contributed by atoms with Crippen molar-refractivity contribution in [2.24, 2.45) is 0 Å². The fourth-order valence-corrected chi connectivity index (χ4v) is 2.61. The molecule has 0 amide bonds. The maximum atomic E-state index is 11.9. The van der Waals surface area contributed by atoms with E-state index in [0.717, 1.165) is 45.1 Å². The SMILES string of the molecule is CCOC(=O)/C=C(/CCCCCCOC1CCCCO1)C(=O)OCC. The molecule has 1 aliphatic heterocycles. The molecule has 0 saturated carbocycles. The highest BCUT2D eigenvalue weighted by Gasteiger charge is 2.14. The van der Waals surface area contributed by atoms with Crippen LogP contribution in [0.3, 0.4) is 0 Å². The van der Waals surface area contributed by atoms with E-state index in [0.29, 0.717) is 25.2 Å². The van der Waals surface area contributed by atoms with Gasteiger partial charge in [-0.15, -0.1) is 0 Å². The molecule has 6 nitrogen and oxygen atoms in total. The molecule has 0 aromatic heterocycles. The predicted molar refractivity (Wildman–Crippen MR) is 94.0 cm³/mol. The summed E-state index contributed by atoms with van der Waals surface area (Å²) in [6.45, 7) is 5.56. The summed E-state index contributed by atoms with van der Waals surface area (Å²) in [7, 11) is 0. The van der Waals surface area contributed by atoms with Crippen molar-refractivity contribution in [1.82, 2.24) is 0 Å². The van der Waals surface area contributed by atoms with Crippen LogP contribution in [0.2, 0.25) is 0 Å². The van der Waals surface area contributed by atoms with E-state index in [-0.39, 0.29) is 12.9 Å². The van der Waals surface area contributed by atoms with Crippen LogP contribution in [-0.2, 0) is 28.5 Å². The lowest BCUT2D eigenvalue weighted by molar-refractivity contribution is -0.162. The van der Waals surface area contributed by atoms with Crippen LogP contribution in [0.25, 0.3) is 0 Å². The Hall–Kier alpha value is -1.40. The lowest BCUT2D eigenvalue weighted by Crippen LogP contribution is -2.22. The minimum Gasteiger partial charge on any atom is -0.463 e. The first-order chi connectivity index (χ1) is 12.2. The number of esters is 2. The number of rotatable bonds is 12. The molecule has 1 heterocycles. The van der Waals surface area contributed by atoms with Gasteiger partial charge < -0.3 is 18.9 Å². The molecule has 144 valence electrons. The maximum Gasteiger partial charge on any atom is 0.334 e. The number of ether oxygens (including phenoxy) is 4. The molecular weight excluding hydrogens is 324 g/mol. The molecule has 6 heteroatoms. The molecular formula is C19H32O6. The monoisotopic (exact) mass is 356 g/mol. The highest BCUT2D eigenvalue weighted by Crippen LogP contribution is 2.15. The van der Waals surface area contributed by atoms with E-state index in [2.05, 4.69) is 0 Å². The first-order valence-electron chi connectivity index (χ1n) is 9.45. The van der Waals surface area contributed by atoms with E-state index in [1.807, 2.05) is 0 Å². The fourth-order valence-electron chi connectivity index (χ4n) is 2.61. The van der Waals surface area contributed by atoms with Crippen molar-refractivity contribution in [3.05, 3.63) is 11.6 Å². The van der Waals surface area contributed by atoms with Crippen LogP contribution in [0.5, 0.6) is 0 Å². The summed E-state index contributed by atoms with van der Waals surface area (Å²) in [5.41, 5.74) is 0.382. The summed E-state index contributed by atoms with van der Waals surface area (Å²) in [5, 5.41) is 0. The molecule has 0 spiro atoms. The zero-order chi connectivity index (χ0) is 18.3. The van der Waals surface area contributed by atoms with Gasteiger partial charge in [-0.25, -0.2) is 9.59 Å². The minimum absolute atomic E-state index is 0.0309. The van der Waals surface area contributed by atoms with E-state index in [4.69, 9.17) is 18.9 Å². The Kier molecular flexibility index (Phi) is 12.0. The Morgan fingerprint density at radius 2 is 1.80 bits per heavy atom. The van der Waals surface area contributed by atoms with Gasteiger partial charge in [0.05, 0.1) is 13.2 Å². The molecule has 1 atom stereocenters. The van der Waals surface area contributed by atoms with Gasteiger partial charge in [-0.3, -0.25) is 0 Å². The summed E-state index contributed by atoms with van der Waals surface area (Å²) < 4.78 is 21.1. The van der Waals surface area contributed by atoms with Crippen molar-refractivity contribution in [3.8, 4) is 0 Å². The smallest absolute Gasteiger partial charge is 0.334 e. The predicted octanol–water partition coefficient (Wildman–Crippen LogP) is 3.53. The molecule has 1 unspecified atom stereocenters. The number of hydrogen-bond donors (Lipinski definition) is 0. The Balaban J connectivity index is 2.20. The summed E-state index contributed by atoms with van der Waals surface area (Å²) in [6, 6.07) is 0. The molecule has 1 saturated heterocycles. The zero-order valence-corrected chi connectivity index (χ0v) is 15.6. The molecule has 0 aromatic carbocycles. The highest BCUT2D eigenvalue weighted by atomic mass is 16.7. The molecule has 1 fully saturated rings. The Labute approximate surface area is 150 Å². The molecule has 1 aliphatic rings. The van der Waals surface area contributed by atoms with Crippen molar-refractivity contribution in [2.45, 2.75) is 71.5 Å². The minimum atomic E-state index is -0.494. The van der Waals surface area contributed by atoms with Gasteiger partial charge in [0.1, 0.15) is 0 Å². The fraction of sp³-hybridized carbons (Fsp3) is 0.789. The van der Waals surface area contributed by atoms with Crippen molar-refractivity contribution in [1.29, 1.82) is 0 Å². The standard InChI is InChI=1S/C19H32O6/c1-3-22-17(20)15-16(19(21)23-4-2)11-7-5-6-9-13-24-18-12-8-10-14-25-18/h15,18H,3-14H2,1-2H3/b16-15-. The third kappa shape index (κ3) is 10.2. The normalized spacial score (nSPS) is 18.0. The van der Waals surface area contributed by atoms with Crippen LogP contribution in [0.1, 0.15) is 65.2 Å². The number of hydrogen-bond acceptors (Lipinski definition) is 6. The van der Waals surface area contributed by atoms with Crippen LogP contribution in [0.15, 0.2) is 11.6 Å². The quantitative estimate of drug-likeness (QED) is 0.303. The van der Waals surface area contributed by atoms with Gasteiger partial charge in [0.15, 0.2) is 6.29 Å². The van der Waals surface area contributed by atoms with Crippen LogP contribution in [0.4, 0.5) is 0 Å². The van der Waals surface area contributed by atoms with Gasteiger partial charge >= 0.3 is 11.9 Å². The van der Waals surface area contributed by atoms with Gasteiger partial charge in [-0.1, -0.05) is 12.8 Å². The summed E-state index contributed by atoms with van der Waals surface area (Å²) in [5.74, 6) is -0.931. The molecule has 0 aromatic rings. The number of unbranched alkanes of at least 4 members (excludes halogenated alkanes) is 3. The Morgan fingerprint density at radius 3 is 2.48 bits per heavy atom. The highest BCUT2D eigenvalue weighted by molar-refractivity contribution is 5.96. The van der Waals surface area contributed by atoms with Crippen molar-refractivity contribution in [3.63, 3.8) is 0 Å². The first kappa shape index (κ1) is 21.6. The molecule has 0 aliphatic carbocycles. The number of carbonyl (C=O) groups excluding carboxylic acids is 2. The average molecular weight is 356 g/mol. The number of carbonyl (C=O) groups is 2. The second-order valence-electron chi connectivity index (χ2n) is 5.97. The van der Waals surface area contributed by atoms with Gasteiger partial charge in [0.25, 0.3) is 0 Å². The first-order valence-corrected chi connectivity index (χ1v) is 9.45. The van der Waals surface area contributed by atoms with E-state index in [9.17, 15) is 9.59 Å². The Bertz CT molecular complexity index is 412. The molecule has 0 bridgehead atoms. The van der Waals surface area contributed by atoms with Crippen LogP contribution < -0.4 is 0 Å². The second-order valence-corrected chi connectivity index (χ2v) is 5.97. The maximum absolute atomic E-state index is 11.9. The second kappa shape index (κ2) is 13.8. The van der Waals surface area contributed by atoms with E-state index in [1.165, 1.54) is 12.5 Å². The van der Waals surface area contributed by atoms with Crippen molar-refractivity contribution in [2.75, 3.05) is 26.4 Å². The van der Waals surface area contributed by atoms with Gasteiger partial charge in [0, 0.05) is 24.9 Å². The van der Waals surface area contributed by atoms with Crippen LogP contribution in [0, 0.1) is 0 Å². The topological polar surface area (TPSA) is 71.1 Å². The molecule has 0 radical (unpaired) electrons. The van der Waals surface area contributed by atoms with E-state index in [1.54, 1.807) is 13.8 Å². The zero-order valence-electron chi connectivity index (χ0n) is 15.6. The summed E-state index contributed by atoms with van der Waals surface area (Å²) in [6.07, 6.45) is 8.81. The van der Waals surface area contributed by atoms with Gasteiger partial charge in [0.2, 0.25) is 0 Å². The largest absolute Gasteiger partial charge is 0.463 e. The van der Waals surface area contributed by atoms with Crippen molar-refractivity contribution < 1.29 is 28.5 Å². The summed E-state index contributed by atoms with van der Waals surface area (Å²) >= 11 is 0. The third-order valence-corrected chi connectivity index (χ3v) is 3.90. The molecule has 0 N–H and O–H groups in total. The van der Waals surface area contributed by atoms with Gasteiger partial charge in [-0.2, -0.15) is 0 Å². The Morgan fingerprint density at radius 1 is 1.04 bits per heavy atom. The van der Waals surface area contributed by atoms with E-state index >= 15 is 0 Å². The average Bonchev–Trinajstić information content (AvgIpc) is 2.61. The summed E-state index contributed by atoms with van der Waals surface area (Å²) in [4.78, 5) is 23.4. The molecule has 1 rings (SSSR count). The van der Waals surface area contributed by atoms with Gasteiger partial charge in [-0.05, 0) is 52.4 Å². The third-order valence-electron chi connectivity index (χ3n) is 3.90. The van der Waals surface area contributed by atoms with Crippen LogP contribution >= 0.6 is 0 Å². The lowest BCUT2D eigenvalue weighted by atomic mass is 10.1. The lowest BCUT2D eigenvalue weighted by Gasteiger charge is -2.22. The van der Waals surface area contributed by atoms with Crippen molar-refractivity contribution >= 4 is 11.9 Å². The van der Waals surface area contributed by atoms with E-state index < -0.39 is 11.9 Å². The van der Waals surface area contributed by atoms with Crippen LogP contribution in [-0.4, -0.2) is 44.7 Å². The molecule has 25 heavy (non-hydrogen) atoms.